The third kappa shape index (κ3) is 2.77. The van der Waals surface area contributed by atoms with Crippen LogP contribution in [0, 0.1) is 0 Å². The summed E-state index contributed by atoms with van der Waals surface area (Å²) in [6, 6.07) is 7.58. The number of hydrogen-bond acceptors (Lipinski definition) is 3. The minimum absolute atomic E-state index is 0.142. The van der Waals surface area contributed by atoms with Crippen molar-refractivity contribution >= 4 is 11.6 Å². The molecule has 2 rings (SSSR count). The summed E-state index contributed by atoms with van der Waals surface area (Å²) in [5.74, 6) is -0.561. The van der Waals surface area contributed by atoms with E-state index >= 15 is 0 Å². The first-order chi connectivity index (χ1) is 8.18. The van der Waals surface area contributed by atoms with Crippen molar-refractivity contribution in [2.75, 3.05) is 12.3 Å². The Morgan fingerprint density at radius 1 is 1.41 bits per heavy atom. The number of rotatable bonds is 3. The molecule has 1 aliphatic rings. The Kier molecular flexibility index (Phi) is 3.64. The van der Waals surface area contributed by atoms with Crippen LogP contribution in [-0.2, 0) is 4.79 Å². The largest absolute Gasteiger partial charge is 0.399 e. The maximum Gasteiger partial charge on any atom is 0.226 e. The monoisotopic (exact) mass is 233 g/mol. The van der Waals surface area contributed by atoms with E-state index in [-0.39, 0.29) is 17.9 Å². The van der Waals surface area contributed by atoms with Crippen molar-refractivity contribution in [1.82, 2.24) is 5.32 Å². The molecule has 0 aliphatic carbocycles. The van der Waals surface area contributed by atoms with Gasteiger partial charge < -0.3 is 16.8 Å². The number of primary amides is 1. The average Bonchev–Trinajstić information content (AvgIpc) is 2.30. The van der Waals surface area contributed by atoms with Crippen molar-refractivity contribution < 1.29 is 4.79 Å². The van der Waals surface area contributed by atoms with Gasteiger partial charge in [0.25, 0.3) is 0 Å². The highest BCUT2D eigenvalue weighted by molar-refractivity contribution is 5.83. The number of carbonyl (C=O) groups is 1. The van der Waals surface area contributed by atoms with Crippen molar-refractivity contribution in [1.29, 1.82) is 0 Å². The van der Waals surface area contributed by atoms with E-state index in [4.69, 9.17) is 11.5 Å². The van der Waals surface area contributed by atoms with Gasteiger partial charge in [-0.05, 0) is 37.1 Å². The lowest BCUT2D eigenvalue weighted by Crippen LogP contribution is -2.43. The molecule has 17 heavy (non-hydrogen) atoms. The predicted octanol–water partition coefficient (Wildman–Crippen LogP) is 0.980. The van der Waals surface area contributed by atoms with Crippen LogP contribution < -0.4 is 16.8 Å². The number of carbonyl (C=O) groups excluding carboxylic acids is 1. The molecule has 0 bridgehead atoms. The number of hydrogen-bond donors (Lipinski definition) is 3. The average molecular weight is 233 g/mol. The van der Waals surface area contributed by atoms with Gasteiger partial charge in [0.15, 0.2) is 0 Å². The molecule has 92 valence electrons. The second-order valence-corrected chi connectivity index (χ2v) is 4.61. The SMILES string of the molecule is NC(=O)[C@@H](c1cccc(N)c1)[C@H]1CCCCN1. The first-order valence-electron chi connectivity index (χ1n) is 6.06. The smallest absolute Gasteiger partial charge is 0.226 e. The van der Waals surface area contributed by atoms with E-state index in [1.165, 1.54) is 6.42 Å². The Morgan fingerprint density at radius 3 is 2.82 bits per heavy atom. The fourth-order valence-corrected chi connectivity index (χ4v) is 2.51. The van der Waals surface area contributed by atoms with Gasteiger partial charge in [-0.3, -0.25) is 4.79 Å². The summed E-state index contributed by atoms with van der Waals surface area (Å²) in [7, 11) is 0. The lowest BCUT2D eigenvalue weighted by atomic mass is 9.86. The molecule has 1 aliphatic heterocycles. The maximum absolute atomic E-state index is 11.7. The lowest BCUT2D eigenvalue weighted by Gasteiger charge is -2.29. The van der Waals surface area contributed by atoms with Gasteiger partial charge in [0.2, 0.25) is 5.91 Å². The highest BCUT2D eigenvalue weighted by Crippen LogP contribution is 2.26. The summed E-state index contributed by atoms with van der Waals surface area (Å²) in [6.45, 7) is 0.955. The number of nitrogens with two attached hydrogens (primary N) is 2. The fourth-order valence-electron chi connectivity index (χ4n) is 2.51. The topological polar surface area (TPSA) is 81.1 Å². The summed E-state index contributed by atoms with van der Waals surface area (Å²) < 4.78 is 0. The Hall–Kier alpha value is -1.55. The van der Waals surface area contributed by atoms with Gasteiger partial charge in [0, 0.05) is 11.7 Å². The molecular formula is C13H19N3O. The van der Waals surface area contributed by atoms with Gasteiger partial charge >= 0.3 is 0 Å². The third-order valence-corrected chi connectivity index (χ3v) is 3.33. The predicted molar refractivity (Wildman–Crippen MR) is 68.4 cm³/mol. The van der Waals surface area contributed by atoms with E-state index in [0.29, 0.717) is 5.69 Å². The molecule has 4 nitrogen and oxygen atoms in total. The first-order valence-corrected chi connectivity index (χ1v) is 6.06. The first kappa shape index (κ1) is 11.9. The Labute approximate surface area is 101 Å². The number of amides is 1. The molecule has 4 heteroatoms. The van der Waals surface area contributed by atoms with E-state index < -0.39 is 0 Å². The molecule has 0 unspecified atom stereocenters. The minimum Gasteiger partial charge on any atom is -0.399 e. The van der Waals surface area contributed by atoms with Crippen LogP contribution in [0.15, 0.2) is 24.3 Å². The van der Waals surface area contributed by atoms with Gasteiger partial charge in [-0.2, -0.15) is 0 Å². The standard InChI is InChI=1S/C13H19N3O/c14-10-5-3-4-9(8-10)12(13(15)17)11-6-1-2-7-16-11/h3-5,8,11-12,16H,1-2,6-7,14H2,(H2,15,17)/t11-,12+/m1/s1. The summed E-state index contributed by atoms with van der Waals surface area (Å²) in [4.78, 5) is 11.7. The molecular weight excluding hydrogens is 214 g/mol. The molecule has 0 radical (unpaired) electrons. The molecule has 1 aromatic rings. The summed E-state index contributed by atoms with van der Waals surface area (Å²) >= 11 is 0. The van der Waals surface area contributed by atoms with Gasteiger partial charge in [0.05, 0.1) is 5.92 Å². The van der Waals surface area contributed by atoms with E-state index in [1.54, 1.807) is 0 Å². The van der Waals surface area contributed by atoms with Crippen LogP contribution >= 0.6 is 0 Å². The zero-order chi connectivity index (χ0) is 12.3. The van der Waals surface area contributed by atoms with Crippen LogP contribution in [0.4, 0.5) is 5.69 Å². The van der Waals surface area contributed by atoms with Crippen LogP contribution in [0.2, 0.25) is 0 Å². The number of nitrogens with one attached hydrogen (secondary N) is 1. The van der Waals surface area contributed by atoms with Gasteiger partial charge in [0.1, 0.15) is 0 Å². The normalized spacial score (nSPS) is 22.0. The molecule has 1 saturated heterocycles. The number of piperidine rings is 1. The van der Waals surface area contributed by atoms with E-state index in [1.807, 2.05) is 24.3 Å². The van der Waals surface area contributed by atoms with E-state index in [0.717, 1.165) is 24.9 Å². The van der Waals surface area contributed by atoms with Crippen molar-refractivity contribution in [2.24, 2.45) is 5.73 Å². The Balaban J connectivity index is 2.25. The molecule has 1 fully saturated rings. The third-order valence-electron chi connectivity index (χ3n) is 3.33. The summed E-state index contributed by atoms with van der Waals surface area (Å²) in [6.07, 6.45) is 3.30. The number of nitrogen functional groups attached to an aromatic ring is 1. The molecule has 0 saturated carbocycles. The molecule has 2 atom stereocenters. The van der Waals surface area contributed by atoms with E-state index in [9.17, 15) is 4.79 Å². The number of anilines is 1. The molecule has 1 aromatic carbocycles. The summed E-state index contributed by atoms with van der Waals surface area (Å²) in [5.41, 5.74) is 12.9. The minimum atomic E-state index is -0.282. The molecule has 1 heterocycles. The second-order valence-electron chi connectivity index (χ2n) is 4.61. The maximum atomic E-state index is 11.7. The Bertz CT molecular complexity index is 399. The fraction of sp³-hybridized carbons (Fsp3) is 0.462. The molecule has 1 amide bonds. The van der Waals surface area contributed by atoms with Crippen LogP contribution in [0.1, 0.15) is 30.7 Å². The van der Waals surface area contributed by atoms with Gasteiger partial charge in [-0.15, -0.1) is 0 Å². The van der Waals surface area contributed by atoms with Crippen LogP contribution in [0.25, 0.3) is 0 Å². The van der Waals surface area contributed by atoms with Crippen molar-refractivity contribution in [3.63, 3.8) is 0 Å². The quantitative estimate of drug-likeness (QED) is 0.681. The van der Waals surface area contributed by atoms with Crippen LogP contribution in [0.5, 0.6) is 0 Å². The second kappa shape index (κ2) is 5.19. The van der Waals surface area contributed by atoms with Crippen LogP contribution in [-0.4, -0.2) is 18.5 Å². The molecule has 0 aromatic heterocycles. The number of benzene rings is 1. The molecule has 5 N–H and O–H groups in total. The highest BCUT2D eigenvalue weighted by atomic mass is 16.1. The molecule has 0 spiro atoms. The Morgan fingerprint density at radius 2 is 2.24 bits per heavy atom. The summed E-state index contributed by atoms with van der Waals surface area (Å²) in [5, 5.41) is 3.38. The van der Waals surface area contributed by atoms with Crippen molar-refractivity contribution in [3.8, 4) is 0 Å². The zero-order valence-corrected chi connectivity index (χ0v) is 9.86. The van der Waals surface area contributed by atoms with Crippen LogP contribution in [0.3, 0.4) is 0 Å². The van der Waals surface area contributed by atoms with Crippen molar-refractivity contribution in [3.05, 3.63) is 29.8 Å². The van der Waals surface area contributed by atoms with Crippen molar-refractivity contribution in [2.45, 2.75) is 31.2 Å². The lowest BCUT2D eigenvalue weighted by molar-refractivity contribution is -0.120. The zero-order valence-electron chi connectivity index (χ0n) is 9.86. The van der Waals surface area contributed by atoms with E-state index in [2.05, 4.69) is 5.32 Å². The highest BCUT2D eigenvalue weighted by Gasteiger charge is 2.29. The van der Waals surface area contributed by atoms with Gasteiger partial charge in [-0.25, -0.2) is 0 Å². The van der Waals surface area contributed by atoms with Gasteiger partial charge in [-0.1, -0.05) is 18.6 Å².